The average Bonchev–Trinajstić information content (AvgIpc) is 3.37. The Balaban J connectivity index is 1.70. The molecule has 1 heterocycles. The lowest BCUT2D eigenvalue weighted by atomic mass is 9.79. The standard InChI is InChI=1S/C19H26ClNO3/c1-14-13-21(11-9-19(14,23)10-12-24-2)17(22)18(7-8-18)15-3-5-16(20)6-4-15/h3-6,14,23H,7-13H2,1-2H3/t14-,19-/m0/s1. The lowest BCUT2D eigenvalue weighted by Crippen LogP contribution is -2.54. The fraction of sp³-hybridized carbons (Fsp3) is 0.632. The van der Waals surface area contributed by atoms with E-state index in [0.717, 1.165) is 18.4 Å². The highest BCUT2D eigenvalue weighted by atomic mass is 35.5. The van der Waals surface area contributed by atoms with Crippen LogP contribution in [0.4, 0.5) is 0 Å². The molecule has 2 atom stereocenters. The van der Waals surface area contributed by atoms with Gasteiger partial charge in [-0.1, -0.05) is 30.7 Å². The number of likely N-dealkylation sites (tertiary alicyclic amines) is 1. The molecule has 0 unspecified atom stereocenters. The van der Waals surface area contributed by atoms with Gasteiger partial charge in [0.15, 0.2) is 0 Å². The van der Waals surface area contributed by atoms with Gasteiger partial charge in [-0.3, -0.25) is 4.79 Å². The number of nitrogens with zero attached hydrogens (tertiary/aromatic N) is 1. The fourth-order valence-electron chi connectivity index (χ4n) is 3.82. The molecule has 0 radical (unpaired) electrons. The molecular formula is C19H26ClNO3. The Morgan fingerprint density at radius 2 is 2.00 bits per heavy atom. The fourth-order valence-corrected chi connectivity index (χ4v) is 3.95. The quantitative estimate of drug-likeness (QED) is 0.887. The molecule has 1 aliphatic heterocycles. The zero-order valence-electron chi connectivity index (χ0n) is 14.4. The molecule has 1 saturated heterocycles. The molecule has 3 rings (SSSR count). The number of methoxy groups -OCH3 is 1. The van der Waals surface area contributed by atoms with Gasteiger partial charge < -0.3 is 14.7 Å². The average molecular weight is 352 g/mol. The molecule has 24 heavy (non-hydrogen) atoms. The van der Waals surface area contributed by atoms with Crippen LogP contribution in [0.25, 0.3) is 0 Å². The van der Waals surface area contributed by atoms with E-state index in [1.54, 1.807) is 7.11 Å². The first-order valence-electron chi connectivity index (χ1n) is 8.68. The van der Waals surface area contributed by atoms with Crippen LogP contribution in [0.2, 0.25) is 5.02 Å². The van der Waals surface area contributed by atoms with Crippen LogP contribution in [-0.4, -0.2) is 48.3 Å². The van der Waals surface area contributed by atoms with Gasteiger partial charge in [-0.2, -0.15) is 0 Å². The maximum atomic E-state index is 13.1. The van der Waals surface area contributed by atoms with E-state index in [-0.39, 0.29) is 17.2 Å². The number of piperidine rings is 1. The number of aliphatic hydroxyl groups is 1. The van der Waals surface area contributed by atoms with E-state index in [1.807, 2.05) is 36.1 Å². The van der Waals surface area contributed by atoms with Crippen molar-refractivity contribution in [3.8, 4) is 0 Å². The highest BCUT2D eigenvalue weighted by Gasteiger charge is 2.54. The first-order chi connectivity index (χ1) is 11.4. The number of amides is 1. The molecule has 2 fully saturated rings. The van der Waals surface area contributed by atoms with Crippen molar-refractivity contribution in [2.45, 2.75) is 43.6 Å². The van der Waals surface area contributed by atoms with Crippen LogP contribution in [0.3, 0.4) is 0 Å². The molecular weight excluding hydrogens is 326 g/mol. The second-order valence-electron chi connectivity index (χ2n) is 7.34. The zero-order valence-corrected chi connectivity index (χ0v) is 15.2. The second-order valence-corrected chi connectivity index (χ2v) is 7.77. The number of ether oxygens (including phenoxy) is 1. The molecule has 1 aromatic rings. The Kier molecular flexibility index (Phi) is 4.92. The SMILES string of the molecule is COCC[C@@]1(O)CCN(C(=O)C2(c3ccc(Cl)cc3)CC2)C[C@@H]1C. The van der Waals surface area contributed by atoms with Gasteiger partial charge in [-0.05, 0) is 43.4 Å². The van der Waals surface area contributed by atoms with Crippen molar-refractivity contribution >= 4 is 17.5 Å². The lowest BCUT2D eigenvalue weighted by Gasteiger charge is -2.44. The molecule has 0 aromatic heterocycles. The van der Waals surface area contributed by atoms with E-state index in [9.17, 15) is 9.90 Å². The molecule has 132 valence electrons. The summed E-state index contributed by atoms with van der Waals surface area (Å²) < 4.78 is 5.11. The maximum absolute atomic E-state index is 13.1. The highest BCUT2D eigenvalue weighted by Crippen LogP contribution is 2.50. The maximum Gasteiger partial charge on any atom is 0.233 e. The number of hydrogen-bond donors (Lipinski definition) is 1. The van der Waals surface area contributed by atoms with Crippen LogP contribution in [-0.2, 0) is 14.9 Å². The molecule has 5 heteroatoms. The third kappa shape index (κ3) is 3.19. The van der Waals surface area contributed by atoms with Crippen molar-refractivity contribution < 1.29 is 14.6 Å². The Bertz CT molecular complexity index is 599. The number of carbonyl (C=O) groups is 1. The van der Waals surface area contributed by atoms with Crippen LogP contribution in [0.1, 0.15) is 38.2 Å². The van der Waals surface area contributed by atoms with Crippen molar-refractivity contribution in [3.05, 3.63) is 34.9 Å². The summed E-state index contributed by atoms with van der Waals surface area (Å²) >= 11 is 5.97. The lowest BCUT2D eigenvalue weighted by molar-refractivity contribution is -0.143. The Labute approximate surface area is 148 Å². The first kappa shape index (κ1) is 17.7. The molecule has 1 N–H and O–H groups in total. The normalized spacial score (nSPS) is 28.7. The molecule has 1 amide bonds. The molecule has 0 spiro atoms. The van der Waals surface area contributed by atoms with E-state index < -0.39 is 5.60 Å². The van der Waals surface area contributed by atoms with Crippen LogP contribution in [0.5, 0.6) is 0 Å². The van der Waals surface area contributed by atoms with Crippen LogP contribution in [0, 0.1) is 5.92 Å². The van der Waals surface area contributed by atoms with Gasteiger partial charge in [-0.15, -0.1) is 0 Å². The summed E-state index contributed by atoms with van der Waals surface area (Å²) in [4.78, 5) is 15.1. The van der Waals surface area contributed by atoms with Crippen molar-refractivity contribution in [2.24, 2.45) is 5.92 Å². The monoisotopic (exact) mass is 351 g/mol. The van der Waals surface area contributed by atoms with Gasteiger partial charge in [0.05, 0.1) is 11.0 Å². The van der Waals surface area contributed by atoms with Gasteiger partial charge in [0.1, 0.15) is 0 Å². The van der Waals surface area contributed by atoms with Crippen LogP contribution < -0.4 is 0 Å². The molecule has 0 bridgehead atoms. The third-order valence-electron chi connectivity index (χ3n) is 5.81. The highest BCUT2D eigenvalue weighted by molar-refractivity contribution is 6.30. The first-order valence-corrected chi connectivity index (χ1v) is 9.06. The molecule has 1 aliphatic carbocycles. The minimum absolute atomic E-state index is 0.0476. The largest absolute Gasteiger partial charge is 0.389 e. The summed E-state index contributed by atoms with van der Waals surface area (Å²) in [5.74, 6) is 0.247. The van der Waals surface area contributed by atoms with Crippen molar-refractivity contribution in [3.63, 3.8) is 0 Å². The summed E-state index contributed by atoms with van der Waals surface area (Å²) in [6.45, 7) is 3.79. The van der Waals surface area contributed by atoms with E-state index >= 15 is 0 Å². The van der Waals surface area contributed by atoms with E-state index in [4.69, 9.17) is 16.3 Å². The predicted octanol–water partition coefficient (Wildman–Crippen LogP) is 3.01. The van der Waals surface area contributed by atoms with Gasteiger partial charge in [0.2, 0.25) is 5.91 Å². The zero-order chi connectivity index (χ0) is 17.4. The number of rotatable bonds is 5. The number of halogens is 1. The van der Waals surface area contributed by atoms with Gasteiger partial charge >= 0.3 is 0 Å². The topological polar surface area (TPSA) is 49.8 Å². The van der Waals surface area contributed by atoms with Crippen molar-refractivity contribution in [2.75, 3.05) is 26.8 Å². The van der Waals surface area contributed by atoms with Crippen LogP contribution >= 0.6 is 11.6 Å². The Hall–Kier alpha value is -1.10. The molecule has 1 aromatic carbocycles. The summed E-state index contributed by atoms with van der Waals surface area (Å²) in [6.07, 6.45) is 3.02. The molecule has 4 nitrogen and oxygen atoms in total. The second kappa shape index (κ2) is 6.66. The molecule has 1 saturated carbocycles. The summed E-state index contributed by atoms with van der Waals surface area (Å²) in [7, 11) is 1.65. The van der Waals surface area contributed by atoms with E-state index in [0.29, 0.717) is 37.6 Å². The summed E-state index contributed by atoms with van der Waals surface area (Å²) in [5, 5.41) is 11.5. The third-order valence-corrected chi connectivity index (χ3v) is 6.06. The van der Waals surface area contributed by atoms with Crippen molar-refractivity contribution in [1.82, 2.24) is 4.90 Å². The summed E-state index contributed by atoms with van der Waals surface area (Å²) in [5.41, 5.74) is -0.0411. The molecule has 2 aliphatic rings. The van der Waals surface area contributed by atoms with Gasteiger partial charge in [0, 0.05) is 37.7 Å². The van der Waals surface area contributed by atoms with Crippen LogP contribution in [0.15, 0.2) is 24.3 Å². The van der Waals surface area contributed by atoms with E-state index in [2.05, 4.69) is 0 Å². The number of carbonyl (C=O) groups excluding carboxylic acids is 1. The Morgan fingerprint density at radius 1 is 1.33 bits per heavy atom. The minimum Gasteiger partial charge on any atom is -0.389 e. The van der Waals surface area contributed by atoms with E-state index in [1.165, 1.54) is 0 Å². The Morgan fingerprint density at radius 3 is 2.54 bits per heavy atom. The number of hydrogen-bond acceptors (Lipinski definition) is 3. The predicted molar refractivity (Wildman–Crippen MR) is 94.2 cm³/mol. The summed E-state index contributed by atoms with van der Waals surface area (Å²) in [6, 6.07) is 7.64. The van der Waals surface area contributed by atoms with Gasteiger partial charge in [-0.25, -0.2) is 0 Å². The van der Waals surface area contributed by atoms with Crippen molar-refractivity contribution in [1.29, 1.82) is 0 Å². The van der Waals surface area contributed by atoms with Gasteiger partial charge in [0.25, 0.3) is 0 Å². The number of benzene rings is 1. The minimum atomic E-state index is -0.732. The smallest absolute Gasteiger partial charge is 0.233 e.